The standard InChI is InChI=1S/C44H67N31O3/c1-21(63-69-36(45)46)27-11-28(22(2)64-70-37(47)48)15-33(14-27)60-42(76)57-7-9-75(20-59-44(78)62-35-18-31(25(5)67-73-40(53)54)13-32(19-35)26(6)68-74-41(55)56)10-8-58-43(77)61-34-16-29(23(3)65-71-38(49)50)12-30(17-34)24(4)66-72-39(51)52/h11-19H,7-10,20H2,1-6H3,(H4,45,46,69)(H4,47,48,70)(H4,49,50,71)(H4,51,52,72)(H4,53,54,73)(H4,55,56,74)(H2,57,60,76)(H2,58,61,77)(H2,59,62,78)/b63-21+,64-22+,65-23+,66-24+,67-25-,68-26+. The first-order valence-electron chi connectivity index (χ1n) is 22.9. The maximum atomic E-state index is 13.6. The van der Waals surface area contributed by atoms with Crippen molar-refractivity contribution in [3.8, 4) is 0 Å². The Morgan fingerprint density at radius 3 is 0.744 bits per heavy atom. The van der Waals surface area contributed by atoms with E-state index in [0.29, 0.717) is 84.7 Å². The number of hydrogen-bond donors (Lipinski definition) is 18. The van der Waals surface area contributed by atoms with Gasteiger partial charge in [-0.2, -0.15) is 30.6 Å². The molecule has 0 aliphatic rings. The Bertz CT molecular complexity index is 2740. The third-order valence-electron chi connectivity index (χ3n) is 9.86. The fourth-order valence-electron chi connectivity index (χ4n) is 6.13. The number of amides is 6. The van der Waals surface area contributed by atoms with Crippen LogP contribution in [0.15, 0.2) is 116 Å². The van der Waals surface area contributed by atoms with E-state index in [0.717, 1.165) is 0 Å². The number of carbonyl (C=O) groups is 3. The number of anilines is 3. The maximum absolute atomic E-state index is 13.6. The Balaban J connectivity index is 1.92. The Morgan fingerprint density at radius 1 is 0.333 bits per heavy atom. The van der Waals surface area contributed by atoms with Crippen LogP contribution in [0.5, 0.6) is 0 Å². The minimum atomic E-state index is -0.641. The van der Waals surface area contributed by atoms with Crippen LogP contribution in [-0.2, 0) is 0 Å². The molecule has 0 saturated heterocycles. The molecule has 0 saturated carbocycles. The topological polar surface area (TPSA) is 587 Å². The monoisotopic (exact) mass is 1080 g/mol. The van der Waals surface area contributed by atoms with E-state index in [1.807, 2.05) is 0 Å². The Kier molecular flexibility index (Phi) is 23.8. The third-order valence-corrected chi connectivity index (χ3v) is 9.86. The first-order valence-corrected chi connectivity index (χ1v) is 22.9. The van der Waals surface area contributed by atoms with E-state index in [9.17, 15) is 14.4 Å². The highest BCUT2D eigenvalue weighted by Crippen LogP contribution is 2.20. The van der Waals surface area contributed by atoms with Gasteiger partial charge in [0.2, 0.25) is 35.8 Å². The van der Waals surface area contributed by atoms with Crippen molar-refractivity contribution in [1.82, 2.24) is 20.9 Å². The van der Waals surface area contributed by atoms with Crippen molar-refractivity contribution in [2.45, 2.75) is 41.5 Å². The van der Waals surface area contributed by atoms with Gasteiger partial charge in [-0.3, -0.25) is 4.90 Å². The van der Waals surface area contributed by atoms with Gasteiger partial charge in [-0.15, -0.1) is 30.6 Å². The Labute approximate surface area is 447 Å². The van der Waals surface area contributed by atoms with E-state index in [1.165, 1.54) is 0 Å². The average molecular weight is 1080 g/mol. The number of nitrogens with zero attached hydrogens (tertiary/aromatic N) is 13. The van der Waals surface area contributed by atoms with Crippen molar-refractivity contribution >= 4 is 105 Å². The van der Waals surface area contributed by atoms with Crippen molar-refractivity contribution in [1.29, 1.82) is 0 Å². The zero-order valence-electron chi connectivity index (χ0n) is 43.7. The van der Waals surface area contributed by atoms with E-state index in [4.69, 9.17) is 68.8 Å². The van der Waals surface area contributed by atoms with Gasteiger partial charge in [-0.25, -0.2) is 14.4 Å². The van der Waals surface area contributed by atoms with Crippen molar-refractivity contribution in [3.63, 3.8) is 0 Å². The number of nitrogens with two attached hydrogens (primary N) is 12. The number of hydrogen-bond acceptors (Lipinski definition) is 16. The molecule has 6 amide bonds. The summed E-state index contributed by atoms with van der Waals surface area (Å²) in [5.74, 6) is -1.57. The number of nitrogens with one attached hydrogen (secondary N) is 6. The van der Waals surface area contributed by atoms with Gasteiger partial charge in [-0.05, 0) is 96.1 Å². The van der Waals surface area contributed by atoms with Gasteiger partial charge >= 0.3 is 18.1 Å². The second-order valence-electron chi connectivity index (χ2n) is 16.3. The summed E-state index contributed by atoms with van der Waals surface area (Å²) in [4.78, 5) is 42.2. The predicted octanol–water partition coefficient (Wildman–Crippen LogP) is -2.30. The minimum absolute atomic E-state index is 0.0368. The molecule has 0 aliphatic heterocycles. The van der Waals surface area contributed by atoms with Gasteiger partial charge < -0.3 is 101 Å². The van der Waals surface area contributed by atoms with Crippen LogP contribution in [-0.4, -0.2) is 126 Å². The van der Waals surface area contributed by atoms with Crippen LogP contribution in [0.3, 0.4) is 0 Å². The number of carbonyl (C=O) groups excluding carboxylic acids is 3. The third kappa shape index (κ3) is 22.9. The molecule has 0 spiro atoms. The van der Waals surface area contributed by atoms with Crippen molar-refractivity contribution < 1.29 is 14.4 Å². The SMILES string of the molecule is C/C(=N/N=C(N)N)c1cc(NC(=O)NCN(CCNC(=O)Nc2cc(/C(C)=N/N=C(N)N)cc(/C(C)=N/N=C(N)N)c2)CCNC(=O)Nc2cc(/C(C)=N/N=C(N)N)cc(/C(C)=N/N=C(N)N)c2)cc(/C(C)=N/N=C(N)N)c1. The lowest BCUT2D eigenvalue weighted by Gasteiger charge is -2.23. The summed E-state index contributed by atoms with van der Waals surface area (Å²) in [7, 11) is 0. The van der Waals surface area contributed by atoms with E-state index >= 15 is 0 Å². The fourth-order valence-corrected chi connectivity index (χ4v) is 6.13. The number of rotatable bonds is 23. The van der Waals surface area contributed by atoms with Crippen LogP contribution in [0.2, 0.25) is 0 Å². The molecule has 0 radical (unpaired) electrons. The van der Waals surface area contributed by atoms with Crippen molar-refractivity contribution in [2.75, 3.05) is 48.8 Å². The molecular formula is C44H67N31O3. The molecule has 0 unspecified atom stereocenters. The number of guanidine groups is 6. The van der Waals surface area contributed by atoms with Crippen LogP contribution in [0.25, 0.3) is 0 Å². The molecule has 34 heteroatoms. The summed E-state index contributed by atoms with van der Waals surface area (Å²) in [5.41, 5.74) is 72.2. The average Bonchev–Trinajstić information content (AvgIpc) is 3.37. The molecule has 30 N–H and O–H groups in total. The summed E-state index contributed by atoms with van der Waals surface area (Å²) in [6.07, 6.45) is 0. The quantitative estimate of drug-likeness (QED) is 0.0205. The molecule has 0 atom stereocenters. The second-order valence-corrected chi connectivity index (χ2v) is 16.3. The van der Waals surface area contributed by atoms with Gasteiger partial charge in [-0.1, -0.05) is 0 Å². The van der Waals surface area contributed by atoms with Crippen LogP contribution in [0.1, 0.15) is 74.9 Å². The van der Waals surface area contributed by atoms with Crippen molar-refractivity contribution in [3.05, 3.63) is 88.0 Å². The summed E-state index contributed by atoms with van der Waals surface area (Å²) in [5, 5.41) is 63.3. The highest BCUT2D eigenvalue weighted by atomic mass is 16.2. The molecule has 416 valence electrons. The van der Waals surface area contributed by atoms with Gasteiger partial charge in [0, 0.05) is 76.6 Å². The number of urea groups is 3. The lowest BCUT2D eigenvalue weighted by Crippen LogP contribution is -2.46. The van der Waals surface area contributed by atoms with Gasteiger partial charge in [0.15, 0.2) is 0 Å². The highest BCUT2D eigenvalue weighted by molar-refractivity contribution is 6.09. The summed E-state index contributed by atoms with van der Waals surface area (Å²) in [6, 6.07) is 13.1. The van der Waals surface area contributed by atoms with E-state index in [2.05, 4.69) is 93.1 Å². The lowest BCUT2D eigenvalue weighted by atomic mass is 10.0. The molecule has 3 rings (SSSR count). The fraction of sp³-hybridized carbons (Fsp3) is 0.250. The van der Waals surface area contributed by atoms with Crippen LogP contribution in [0.4, 0.5) is 31.4 Å². The molecular weight excluding hydrogens is 1010 g/mol. The van der Waals surface area contributed by atoms with Gasteiger partial charge in [0.1, 0.15) is 0 Å². The molecule has 3 aromatic rings. The molecule has 0 aliphatic carbocycles. The van der Waals surface area contributed by atoms with Crippen LogP contribution < -0.4 is 101 Å². The predicted molar refractivity (Wildman–Crippen MR) is 310 cm³/mol. The van der Waals surface area contributed by atoms with E-state index in [1.54, 1.807) is 101 Å². The zero-order chi connectivity index (χ0) is 58.1. The van der Waals surface area contributed by atoms with E-state index in [-0.39, 0.29) is 68.6 Å². The van der Waals surface area contributed by atoms with E-state index < -0.39 is 18.1 Å². The molecule has 0 fully saturated rings. The Hall–Kier alpha value is -10.9. The first-order chi connectivity index (χ1) is 36.8. The van der Waals surface area contributed by atoms with Gasteiger partial charge in [0.05, 0.1) is 40.9 Å². The number of benzene rings is 3. The largest absolute Gasteiger partial charge is 0.369 e. The second kappa shape index (κ2) is 30.3. The summed E-state index contributed by atoms with van der Waals surface area (Å²) < 4.78 is 0. The normalized spacial score (nSPS) is 12.0. The molecule has 78 heavy (non-hydrogen) atoms. The molecule has 0 heterocycles. The van der Waals surface area contributed by atoms with Crippen LogP contribution in [0, 0.1) is 0 Å². The van der Waals surface area contributed by atoms with Crippen molar-refractivity contribution in [2.24, 2.45) is 130 Å². The lowest BCUT2D eigenvalue weighted by molar-refractivity contribution is 0.224. The zero-order valence-corrected chi connectivity index (χ0v) is 43.7. The molecule has 3 aromatic carbocycles. The first kappa shape index (κ1) is 61.4. The Morgan fingerprint density at radius 2 is 0.538 bits per heavy atom. The smallest absolute Gasteiger partial charge is 0.320 e. The highest BCUT2D eigenvalue weighted by Gasteiger charge is 2.15. The molecule has 0 aromatic heterocycles. The van der Waals surface area contributed by atoms with Crippen LogP contribution >= 0.6 is 0 Å². The summed E-state index contributed by atoms with van der Waals surface area (Å²) in [6.45, 7) is 10.2. The maximum Gasteiger partial charge on any atom is 0.320 e. The molecule has 34 nitrogen and oxygen atoms in total. The minimum Gasteiger partial charge on any atom is -0.369 e. The van der Waals surface area contributed by atoms with Gasteiger partial charge in [0.25, 0.3) is 0 Å². The summed E-state index contributed by atoms with van der Waals surface area (Å²) >= 11 is 0. The molecule has 0 bridgehead atoms.